The molecule has 1 unspecified atom stereocenters. The third-order valence-corrected chi connectivity index (χ3v) is 4.89. The van der Waals surface area contributed by atoms with Crippen molar-refractivity contribution in [3.63, 3.8) is 0 Å². The van der Waals surface area contributed by atoms with E-state index >= 15 is 0 Å². The second kappa shape index (κ2) is 8.35. The zero-order chi connectivity index (χ0) is 20.3. The number of carbonyl (C=O) groups excluding carboxylic acids is 2. The summed E-state index contributed by atoms with van der Waals surface area (Å²) in [6.45, 7) is 1.91. The molecule has 2 aromatic rings. The van der Waals surface area contributed by atoms with Crippen molar-refractivity contribution in [1.29, 1.82) is 0 Å². The van der Waals surface area contributed by atoms with Crippen molar-refractivity contribution < 1.29 is 24.2 Å². The fraction of sp³-hybridized carbons (Fsp3) is 0.200. The summed E-state index contributed by atoms with van der Waals surface area (Å²) >= 11 is 3.27. The summed E-state index contributed by atoms with van der Waals surface area (Å²) in [5.74, 6) is 0.164. The molecule has 0 saturated carbocycles. The highest BCUT2D eigenvalue weighted by Gasteiger charge is 2.34. The Hall–Kier alpha value is -3.00. The maximum absolute atomic E-state index is 12.8. The molecular formula is C20H19BrN2O5. The number of urea groups is 1. The Bertz CT molecular complexity index is 940. The van der Waals surface area contributed by atoms with E-state index in [2.05, 4.69) is 26.6 Å². The number of hydrogen-bond donors (Lipinski definition) is 3. The number of hydrogen-bond acceptors (Lipinski definition) is 5. The van der Waals surface area contributed by atoms with Crippen molar-refractivity contribution in [2.24, 2.45) is 0 Å². The number of carbonyl (C=O) groups is 2. The Labute approximate surface area is 170 Å². The number of rotatable bonds is 5. The molecule has 0 aliphatic carbocycles. The molecule has 1 aliphatic heterocycles. The average molecular weight is 447 g/mol. The molecule has 3 rings (SSSR count). The molecule has 1 atom stereocenters. The molecule has 3 N–H and O–H groups in total. The second-order valence-electron chi connectivity index (χ2n) is 5.98. The van der Waals surface area contributed by atoms with E-state index in [9.17, 15) is 14.7 Å². The Kier molecular flexibility index (Phi) is 5.89. The topological polar surface area (TPSA) is 96.9 Å². The molecule has 28 heavy (non-hydrogen) atoms. The molecule has 7 nitrogen and oxygen atoms in total. The minimum absolute atomic E-state index is 0.0565. The largest absolute Gasteiger partial charge is 0.507 e. The van der Waals surface area contributed by atoms with Crippen LogP contribution in [0, 0.1) is 0 Å². The van der Waals surface area contributed by atoms with Gasteiger partial charge < -0.3 is 25.2 Å². The average Bonchev–Trinajstić information content (AvgIpc) is 2.69. The summed E-state index contributed by atoms with van der Waals surface area (Å²) in [5.41, 5.74) is 1.89. The maximum atomic E-state index is 12.8. The SMILES string of the molecule is CCOC(=O)C1=C(c2ccc(OC)cc2)NC(=O)NC1c1ccc(O)c(Br)c1. The molecule has 0 fully saturated rings. The van der Waals surface area contributed by atoms with Crippen LogP contribution in [0.5, 0.6) is 11.5 Å². The van der Waals surface area contributed by atoms with E-state index in [-0.39, 0.29) is 17.9 Å². The third-order valence-electron chi connectivity index (χ3n) is 4.25. The van der Waals surface area contributed by atoms with Crippen molar-refractivity contribution in [3.05, 3.63) is 63.6 Å². The minimum atomic E-state index is -0.748. The zero-order valence-corrected chi connectivity index (χ0v) is 16.9. The monoisotopic (exact) mass is 446 g/mol. The zero-order valence-electron chi connectivity index (χ0n) is 15.3. The van der Waals surface area contributed by atoms with Gasteiger partial charge in [0.1, 0.15) is 11.5 Å². The van der Waals surface area contributed by atoms with Gasteiger partial charge in [0.25, 0.3) is 0 Å². The summed E-state index contributed by atoms with van der Waals surface area (Å²) in [5, 5.41) is 15.2. The van der Waals surface area contributed by atoms with Crippen LogP contribution in [-0.2, 0) is 9.53 Å². The van der Waals surface area contributed by atoms with Gasteiger partial charge in [0.15, 0.2) is 0 Å². The van der Waals surface area contributed by atoms with Crippen LogP contribution in [0.2, 0.25) is 0 Å². The van der Waals surface area contributed by atoms with E-state index in [1.54, 1.807) is 50.4 Å². The van der Waals surface area contributed by atoms with Gasteiger partial charge in [-0.15, -0.1) is 0 Å². The van der Waals surface area contributed by atoms with Gasteiger partial charge in [-0.05, 0) is 70.4 Å². The van der Waals surface area contributed by atoms with E-state index in [4.69, 9.17) is 9.47 Å². The Morgan fingerprint density at radius 3 is 2.54 bits per heavy atom. The predicted molar refractivity (Wildman–Crippen MR) is 107 cm³/mol. The van der Waals surface area contributed by atoms with Gasteiger partial charge in [-0.1, -0.05) is 6.07 Å². The first-order chi connectivity index (χ1) is 13.4. The predicted octanol–water partition coefficient (Wildman–Crippen LogP) is 3.49. The quantitative estimate of drug-likeness (QED) is 0.610. The van der Waals surface area contributed by atoms with Gasteiger partial charge in [-0.3, -0.25) is 0 Å². The molecule has 0 aromatic heterocycles. The molecule has 2 aromatic carbocycles. The van der Waals surface area contributed by atoms with Gasteiger partial charge >= 0.3 is 12.0 Å². The smallest absolute Gasteiger partial charge is 0.338 e. The summed E-state index contributed by atoms with van der Waals surface area (Å²) < 4.78 is 10.9. The normalized spacial score (nSPS) is 16.2. The van der Waals surface area contributed by atoms with Crippen molar-refractivity contribution in [2.45, 2.75) is 13.0 Å². The number of ether oxygens (including phenoxy) is 2. The molecule has 0 bridgehead atoms. The highest BCUT2D eigenvalue weighted by molar-refractivity contribution is 9.10. The molecule has 8 heteroatoms. The van der Waals surface area contributed by atoms with E-state index in [1.165, 1.54) is 6.07 Å². The van der Waals surface area contributed by atoms with Crippen molar-refractivity contribution >= 4 is 33.6 Å². The van der Waals surface area contributed by atoms with Crippen LogP contribution in [0.15, 0.2) is 52.5 Å². The molecule has 1 aliphatic rings. The molecule has 146 valence electrons. The Morgan fingerprint density at radius 1 is 1.21 bits per heavy atom. The summed E-state index contributed by atoms with van der Waals surface area (Å²) in [4.78, 5) is 25.1. The van der Waals surface area contributed by atoms with Gasteiger partial charge in [0, 0.05) is 0 Å². The van der Waals surface area contributed by atoms with Crippen LogP contribution < -0.4 is 15.4 Å². The molecular weight excluding hydrogens is 428 g/mol. The summed E-state index contributed by atoms with van der Waals surface area (Å²) in [7, 11) is 1.56. The lowest BCUT2D eigenvalue weighted by Gasteiger charge is -2.29. The highest BCUT2D eigenvalue weighted by Crippen LogP contribution is 2.35. The van der Waals surface area contributed by atoms with E-state index in [0.717, 1.165) is 0 Å². The van der Waals surface area contributed by atoms with Crippen molar-refractivity contribution in [1.82, 2.24) is 10.6 Å². The second-order valence-corrected chi connectivity index (χ2v) is 6.83. The number of aromatic hydroxyl groups is 1. The number of methoxy groups -OCH3 is 1. The van der Waals surface area contributed by atoms with E-state index < -0.39 is 18.0 Å². The van der Waals surface area contributed by atoms with Crippen LogP contribution in [-0.4, -0.2) is 30.8 Å². The number of phenols is 1. The Balaban J connectivity index is 2.17. The number of halogens is 1. The molecule has 0 radical (unpaired) electrons. The number of esters is 1. The summed E-state index contributed by atoms with van der Waals surface area (Å²) in [6.07, 6.45) is 0. The Morgan fingerprint density at radius 2 is 1.93 bits per heavy atom. The fourth-order valence-corrected chi connectivity index (χ4v) is 3.33. The number of nitrogens with one attached hydrogen (secondary N) is 2. The number of amides is 2. The van der Waals surface area contributed by atoms with Gasteiger partial charge in [-0.25, -0.2) is 9.59 Å². The molecule has 1 heterocycles. The fourth-order valence-electron chi connectivity index (χ4n) is 2.93. The summed E-state index contributed by atoms with van der Waals surface area (Å²) in [6, 6.07) is 10.6. The minimum Gasteiger partial charge on any atom is -0.507 e. The third kappa shape index (κ3) is 3.96. The van der Waals surface area contributed by atoms with Gasteiger partial charge in [0.05, 0.1) is 35.5 Å². The van der Waals surface area contributed by atoms with E-state index in [0.29, 0.717) is 27.0 Å². The van der Waals surface area contributed by atoms with Crippen molar-refractivity contribution in [2.75, 3.05) is 13.7 Å². The van der Waals surface area contributed by atoms with E-state index in [1.807, 2.05) is 0 Å². The van der Waals surface area contributed by atoms with Gasteiger partial charge in [0.2, 0.25) is 0 Å². The molecule has 0 spiro atoms. The van der Waals surface area contributed by atoms with Crippen LogP contribution in [0.1, 0.15) is 24.1 Å². The molecule has 0 saturated heterocycles. The first-order valence-electron chi connectivity index (χ1n) is 8.56. The lowest BCUT2D eigenvalue weighted by Crippen LogP contribution is -2.45. The van der Waals surface area contributed by atoms with Crippen LogP contribution in [0.25, 0.3) is 5.70 Å². The first kappa shape index (κ1) is 19.8. The molecule has 2 amide bonds. The maximum Gasteiger partial charge on any atom is 0.338 e. The highest BCUT2D eigenvalue weighted by atomic mass is 79.9. The number of benzene rings is 2. The van der Waals surface area contributed by atoms with Crippen LogP contribution in [0.4, 0.5) is 4.79 Å². The lowest BCUT2D eigenvalue weighted by molar-refractivity contribution is -0.138. The van der Waals surface area contributed by atoms with Gasteiger partial charge in [-0.2, -0.15) is 0 Å². The first-order valence-corrected chi connectivity index (χ1v) is 9.35. The van der Waals surface area contributed by atoms with Crippen LogP contribution >= 0.6 is 15.9 Å². The standard InChI is InChI=1S/C20H19BrN2O5/c1-3-28-19(25)16-17(11-4-7-13(27-2)8-5-11)22-20(26)23-18(16)12-6-9-15(24)14(21)10-12/h4-10,18,24H,3H2,1-2H3,(H2,22,23,26). The number of phenolic OH excluding ortho intramolecular Hbond substituents is 1. The van der Waals surface area contributed by atoms with Crippen molar-refractivity contribution in [3.8, 4) is 11.5 Å². The van der Waals surface area contributed by atoms with Crippen LogP contribution in [0.3, 0.4) is 0 Å². The lowest BCUT2D eigenvalue weighted by atomic mass is 9.92.